The molecule has 5 nitrogen and oxygen atoms in total. The third-order valence-electron chi connectivity index (χ3n) is 5.94. The van der Waals surface area contributed by atoms with Crippen molar-refractivity contribution < 1.29 is 20.4 Å². The first kappa shape index (κ1) is 25.8. The number of hydrogen-bond donors (Lipinski definition) is 4. The Morgan fingerprint density at radius 3 is 2.31 bits per heavy atom. The van der Waals surface area contributed by atoms with Gasteiger partial charge < -0.3 is 20.4 Å². The standard InChI is InChI=1S/C26H33NO4.BrH/c1-17(2)5-4-6-18(3)9-11-27-12-10-20-15-25(30)26(31)16-21(20)22(27)13-19-7-8-23(28)24(29)14-19;/h5,7-9,14-16,22,28-31H,4,6,10-13H2,1-3H3;1H/b18-9+;/t22-;/m1./s1. The first-order valence-electron chi connectivity index (χ1n) is 10.8. The molecule has 0 amide bonds. The maximum absolute atomic E-state index is 10.1. The van der Waals surface area contributed by atoms with Crippen molar-refractivity contribution in [1.29, 1.82) is 0 Å². The fourth-order valence-corrected chi connectivity index (χ4v) is 4.12. The molecule has 0 aliphatic carbocycles. The molecule has 4 N–H and O–H groups in total. The van der Waals surface area contributed by atoms with Crippen LogP contribution in [0.3, 0.4) is 0 Å². The zero-order chi connectivity index (χ0) is 22.5. The number of nitrogens with zero attached hydrogens (tertiary/aromatic N) is 1. The minimum absolute atomic E-state index is 0. The molecule has 0 saturated carbocycles. The van der Waals surface area contributed by atoms with Crippen LogP contribution < -0.4 is 0 Å². The van der Waals surface area contributed by atoms with Crippen LogP contribution in [0.2, 0.25) is 0 Å². The summed E-state index contributed by atoms with van der Waals surface area (Å²) in [5.74, 6) is -0.485. The normalized spacial score (nSPS) is 16.2. The maximum atomic E-state index is 10.1. The molecule has 2 aromatic rings. The second-order valence-electron chi connectivity index (χ2n) is 8.70. The monoisotopic (exact) mass is 503 g/mol. The molecule has 1 aliphatic rings. The molecule has 32 heavy (non-hydrogen) atoms. The van der Waals surface area contributed by atoms with E-state index >= 15 is 0 Å². The van der Waals surface area contributed by atoms with Gasteiger partial charge in [-0.3, -0.25) is 4.90 Å². The van der Waals surface area contributed by atoms with Crippen molar-refractivity contribution in [3.8, 4) is 23.0 Å². The summed E-state index contributed by atoms with van der Waals surface area (Å²) >= 11 is 0. The average molecular weight is 504 g/mol. The van der Waals surface area contributed by atoms with Crippen LogP contribution in [0.25, 0.3) is 0 Å². The number of phenolic OH excluding ortho intramolecular Hbond substituents is 4. The molecule has 0 radical (unpaired) electrons. The van der Waals surface area contributed by atoms with Gasteiger partial charge in [-0.25, -0.2) is 0 Å². The molecule has 0 bridgehead atoms. The molecule has 0 saturated heterocycles. The molecule has 0 aromatic heterocycles. The summed E-state index contributed by atoms with van der Waals surface area (Å²) in [7, 11) is 0. The first-order chi connectivity index (χ1) is 14.7. The lowest BCUT2D eigenvalue weighted by Crippen LogP contribution is -2.36. The number of allylic oxidation sites excluding steroid dienone is 3. The van der Waals surface area contributed by atoms with Gasteiger partial charge in [0.1, 0.15) is 0 Å². The van der Waals surface area contributed by atoms with Crippen molar-refractivity contribution in [2.45, 2.75) is 52.5 Å². The van der Waals surface area contributed by atoms with Crippen LogP contribution in [0.1, 0.15) is 56.3 Å². The lowest BCUT2D eigenvalue weighted by molar-refractivity contribution is 0.203. The van der Waals surface area contributed by atoms with Crippen LogP contribution in [-0.2, 0) is 12.8 Å². The van der Waals surface area contributed by atoms with Crippen molar-refractivity contribution in [2.24, 2.45) is 0 Å². The molecule has 2 aromatic carbocycles. The van der Waals surface area contributed by atoms with Gasteiger partial charge in [-0.15, -0.1) is 17.0 Å². The van der Waals surface area contributed by atoms with E-state index in [2.05, 4.69) is 37.8 Å². The minimum Gasteiger partial charge on any atom is -0.504 e. The van der Waals surface area contributed by atoms with E-state index in [0.717, 1.165) is 49.0 Å². The van der Waals surface area contributed by atoms with Gasteiger partial charge in [0.15, 0.2) is 23.0 Å². The van der Waals surface area contributed by atoms with Crippen LogP contribution in [0.15, 0.2) is 53.6 Å². The van der Waals surface area contributed by atoms with Gasteiger partial charge in [-0.1, -0.05) is 29.4 Å². The average Bonchev–Trinajstić information content (AvgIpc) is 2.71. The molecule has 0 spiro atoms. The molecule has 0 fully saturated rings. The molecule has 6 heteroatoms. The van der Waals surface area contributed by atoms with Crippen LogP contribution in [0, 0.1) is 0 Å². The summed E-state index contributed by atoms with van der Waals surface area (Å²) in [6.45, 7) is 8.01. The van der Waals surface area contributed by atoms with Crippen molar-refractivity contribution in [1.82, 2.24) is 4.90 Å². The Morgan fingerprint density at radius 2 is 1.62 bits per heavy atom. The summed E-state index contributed by atoms with van der Waals surface area (Å²) in [5, 5.41) is 39.6. The summed E-state index contributed by atoms with van der Waals surface area (Å²) < 4.78 is 0. The minimum atomic E-state index is -0.137. The topological polar surface area (TPSA) is 84.2 Å². The summed E-state index contributed by atoms with van der Waals surface area (Å²) in [6.07, 6.45) is 8.01. The number of fused-ring (bicyclic) bond motifs is 1. The predicted molar refractivity (Wildman–Crippen MR) is 134 cm³/mol. The van der Waals surface area contributed by atoms with Crippen molar-refractivity contribution in [3.05, 3.63) is 70.3 Å². The Balaban J connectivity index is 0.00000363. The number of halogens is 1. The third-order valence-corrected chi connectivity index (χ3v) is 5.94. The first-order valence-corrected chi connectivity index (χ1v) is 10.8. The summed E-state index contributed by atoms with van der Waals surface area (Å²) in [6, 6.07) is 8.20. The number of hydrogen-bond acceptors (Lipinski definition) is 5. The molecular weight excluding hydrogens is 470 g/mol. The molecule has 1 heterocycles. The quantitative estimate of drug-likeness (QED) is 0.278. The Bertz CT molecular complexity index is 996. The molecule has 0 unspecified atom stereocenters. The lowest BCUT2D eigenvalue weighted by Gasteiger charge is -2.37. The number of phenols is 4. The van der Waals surface area contributed by atoms with Crippen LogP contribution in [0.4, 0.5) is 0 Å². The van der Waals surface area contributed by atoms with E-state index < -0.39 is 0 Å². The molecule has 1 atom stereocenters. The maximum Gasteiger partial charge on any atom is 0.157 e. The highest BCUT2D eigenvalue weighted by atomic mass is 79.9. The SMILES string of the molecule is Br.CC(C)=CCC/C(C)=C/CN1CCc2cc(O)c(O)cc2[C@H]1Cc1ccc(O)c(O)c1. The highest BCUT2D eigenvalue weighted by Crippen LogP contribution is 2.39. The van der Waals surface area contributed by atoms with E-state index in [0.29, 0.717) is 6.42 Å². The van der Waals surface area contributed by atoms with Gasteiger partial charge in [-0.05, 0) is 87.4 Å². The van der Waals surface area contributed by atoms with Crippen LogP contribution in [-0.4, -0.2) is 38.4 Å². The Hall–Kier alpha value is -2.44. The van der Waals surface area contributed by atoms with E-state index in [1.54, 1.807) is 18.2 Å². The second-order valence-corrected chi connectivity index (χ2v) is 8.70. The van der Waals surface area contributed by atoms with E-state index in [-0.39, 0.29) is 46.0 Å². The number of aromatic hydroxyl groups is 4. The molecule has 174 valence electrons. The largest absolute Gasteiger partial charge is 0.504 e. The van der Waals surface area contributed by atoms with E-state index in [1.165, 1.54) is 17.2 Å². The molecule has 1 aliphatic heterocycles. The fraction of sp³-hybridized carbons (Fsp3) is 0.385. The van der Waals surface area contributed by atoms with Crippen LogP contribution in [0.5, 0.6) is 23.0 Å². The van der Waals surface area contributed by atoms with Gasteiger partial charge in [0.05, 0.1) is 0 Å². The summed E-state index contributed by atoms with van der Waals surface area (Å²) in [5.41, 5.74) is 5.60. The second kappa shape index (κ2) is 11.4. The van der Waals surface area contributed by atoms with Gasteiger partial charge in [-0.2, -0.15) is 0 Å². The number of benzene rings is 2. The Morgan fingerprint density at radius 1 is 0.938 bits per heavy atom. The highest BCUT2D eigenvalue weighted by molar-refractivity contribution is 8.93. The van der Waals surface area contributed by atoms with Gasteiger partial charge >= 0.3 is 0 Å². The van der Waals surface area contributed by atoms with Gasteiger partial charge in [0, 0.05) is 19.1 Å². The Kier molecular flexibility index (Phi) is 9.22. The van der Waals surface area contributed by atoms with Crippen LogP contribution >= 0.6 is 17.0 Å². The van der Waals surface area contributed by atoms with Crippen molar-refractivity contribution in [2.75, 3.05) is 13.1 Å². The van der Waals surface area contributed by atoms with E-state index in [4.69, 9.17) is 0 Å². The molecular formula is C26H34BrNO4. The van der Waals surface area contributed by atoms with Gasteiger partial charge in [0.25, 0.3) is 0 Å². The zero-order valence-corrected chi connectivity index (χ0v) is 20.7. The molecule has 3 rings (SSSR count). The van der Waals surface area contributed by atoms with E-state index in [1.807, 2.05) is 6.07 Å². The zero-order valence-electron chi connectivity index (χ0n) is 19.0. The van der Waals surface area contributed by atoms with Gasteiger partial charge in [0.2, 0.25) is 0 Å². The van der Waals surface area contributed by atoms with E-state index in [9.17, 15) is 20.4 Å². The van der Waals surface area contributed by atoms with Crippen molar-refractivity contribution >= 4 is 17.0 Å². The lowest BCUT2D eigenvalue weighted by atomic mass is 9.88. The summed E-state index contributed by atoms with van der Waals surface area (Å²) in [4.78, 5) is 2.37. The number of rotatable bonds is 7. The Labute approximate surface area is 201 Å². The smallest absolute Gasteiger partial charge is 0.157 e. The predicted octanol–water partition coefficient (Wildman–Crippen LogP) is 5.92. The van der Waals surface area contributed by atoms with Crippen molar-refractivity contribution in [3.63, 3.8) is 0 Å². The third kappa shape index (κ3) is 6.53. The highest BCUT2D eigenvalue weighted by Gasteiger charge is 2.28. The fourth-order valence-electron chi connectivity index (χ4n) is 4.12.